The molecule has 4 nitrogen and oxygen atoms in total. The highest BCUT2D eigenvalue weighted by atomic mass is 16.5. The first-order valence-corrected chi connectivity index (χ1v) is 7.50. The Morgan fingerprint density at radius 1 is 1.29 bits per heavy atom. The monoisotopic (exact) mass is 289 g/mol. The quantitative estimate of drug-likeness (QED) is 0.866. The molecule has 1 N–H and O–H groups in total. The van der Waals surface area contributed by atoms with Gasteiger partial charge in [0.2, 0.25) is 5.91 Å². The van der Waals surface area contributed by atoms with Crippen LogP contribution in [-0.2, 0) is 20.7 Å². The van der Waals surface area contributed by atoms with Gasteiger partial charge < -0.3 is 10.1 Å². The number of carbonyl (C=O) groups excluding carboxylic acids is 2. The van der Waals surface area contributed by atoms with E-state index in [4.69, 9.17) is 4.74 Å². The molecule has 1 aliphatic carbocycles. The molecule has 0 heterocycles. The second-order valence-electron chi connectivity index (χ2n) is 5.90. The predicted molar refractivity (Wildman–Crippen MR) is 80.9 cm³/mol. The second kappa shape index (κ2) is 6.74. The van der Waals surface area contributed by atoms with E-state index < -0.39 is 6.04 Å². The summed E-state index contributed by atoms with van der Waals surface area (Å²) >= 11 is 0. The fraction of sp³-hybridized carbons (Fsp3) is 0.529. The number of aryl methyl sites for hydroxylation is 1. The number of methoxy groups -OCH3 is 1. The fourth-order valence-electron chi connectivity index (χ4n) is 2.90. The van der Waals surface area contributed by atoms with Crippen molar-refractivity contribution in [2.24, 2.45) is 5.92 Å². The van der Waals surface area contributed by atoms with E-state index in [2.05, 4.69) is 11.4 Å². The zero-order valence-electron chi connectivity index (χ0n) is 12.9. The lowest BCUT2D eigenvalue weighted by Gasteiger charge is -2.27. The normalized spacial score (nSPS) is 18.8. The molecule has 1 amide bonds. The van der Waals surface area contributed by atoms with Crippen molar-refractivity contribution < 1.29 is 14.3 Å². The van der Waals surface area contributed by atoms with E-state index in [1.54, 1.807) is 0 Å². The minimum Gasteiger partial charge on any atom is -0.467 e. The van der Waals surface area contributed by atoms with Crippen LogP contribution >= 0.6 is 0 Å². The molecule has 1 aromatic carbocycles. The Kier molecular flexibility index (Phi) is 4.99. The first-order valence-electron chi connectivity index (χ1n) is 7.50. The van der Waals surface area contributed by atoms with Crippen LogP contribution in [0.3, 0.4) is 0 Å². The number of ether oxygens (including phenoxy) is 1. The van der Waals surface area contributed by atoms with Crippen LogP contribution in [0, 0.1) is 5.92 Å². The van der Waals surface area contributed by atoms with Crippen molar-refractivity contribution in [2.75, 3.05) is 7.11 Å². The molecule has 2 rings (SSSR count). The zero-order valence-corrected chi connectivity index (χ0v) is 12.9. The third kappa shape index (κ3) is 3.43. The lowest BCUT2D eigenvalue weighted by molar-refractivity contribution is -0.146. The molecule has 21 heavy (non-hydrogen) atoms. The second-order valence-corrected chi connectivity index (χ2v) is 5.90. The Balaban J connectivity index is 2.16. The third-order valence-electron chi connectivity index (χ3n) is 4.11. The molecule has 0 saturated carbocycles. The molecule has 114 valence electrons. The number of hydrogen-bond acceptors (Lipinski definition) is 3. The maximum absolute atomic E-state index is 12.6. The first kappa shape index (κ1) is 15.5. The maximum atomic E-state index is 12.6. The van der Waals surface area contributed by atoms with Gasteiger partial charge in [-0.25, -0.2) is 4.79 Å². The summed E-state index contributed by atoms with van der Waals surface area (Å²) < 4.78 is 4.78. The number of benzene rings is 1. The molecule has 0 spiro atoms. The molecule has 4 heteroatoms. The van der Waals surface area contributed by atoms with Gasteiger partial charge in [-0.05, 0) is 36.3 Å². The van der Waals surface area contributed by atoms with Crippen molar-refractivity contribution in [3.05, 3.63) is 35.4 Å². The van der Waals surface area contributed by atoms with E-state index in [0.29, 0.717) is 0 Å². The molecule has 1 aromatic rings. The highest BCUT2D eigenvalue weighted by Gasteiger charge is 2.31. The van der Waals surface area contributed by atoms with Crippen molar-refractivity contribution in [1.29, 1.82) is 0 Å². The van der Waals surface area contributed by atoms with E-state index in [1.165, 1.54) is 12.7 Å². The van der Waals surface area contributed by atoms with E-state index in [0.717, 1.165) is 24.8 Å². The summed E-state index contributed by atoms with van der Waals surface area (Å²) in [7, 11) is 1.35. The number of rotatable bonds is 4. The van der Waals surface area contributed by atoms with Crippen LogP contribution < -0.4 is 5.32 Å². The van der Waals surface area contributed by atoms with E-state index in [9.17, 15) is 9.59 Å². The van der Waals surface area contributed by atoms with Gasteiger partial charge in [-0.1, -0.05) is 38.1 Å². The van der Waals surface area contributed by atoms with Gasteiger partial charge in [0.05, 0.1) is 13.0 Å². The van der Waals surface area contributed by atoms with Crippen molar-refractivity contribution >= 4 is 11.9 Å². The summed E-state index contributed by atoms with van der Waals surface area (Å²) in [6, 6.07) is 7.47. The van der Waals surface area contributed by atoms with Gasteiger partial charge in [0.1, 0.15) is 6.04 Å². The SMILES string of the molecule is COC(=O)C(NC(=O)[C@H]1CCCc2ccccc21)C(C)C. The van der Waals surface area contributed by atoms with Gasteiger partial charge in [-0.15, -0.1) is 0 Å². The lowest BCUT2D eigenvalue weighted by atomic mass is 9.82. The van der Waals surface area contributed by atoms with Crippen LogP contribution in [0.15, 0.2) is 24.3 Å². The Morgan fingerprint density at radius 3 is 2.67 bits per heavy atom. The summed E-state index contributed by atoms with van der Waals surface area (Å²) in [6.45, 7) is 3.80. The Labute approximate surface area is 125 Å². The summed E-state index contributed by atoms with van der Waals surface area (Å²) in [5, 5.41) is 2.86. The van der Waals surface area contributed by atoms with Crippen molar-refractivity contribution in [3.8, 4) is 0 Å². The molecule has 0 saturated heterocycles. The molecular formula is C17H23NO3. The van der Waals surface area contributed by atoms with Crippen LogP contribution in [0.4, 0.5) is 0 Å². The molecule has 0 aliphatic heterocycles. The van der Waals surface area contributed by atoms with Crippen molar-refractivity contribution in [3.63, 3.8) is 0 Å². The standard InChI is InChI=1S/C17H23NO3/c1-11(2)15(17(20)21-3)18-16(19)14-10-6-8-12-7-4-5-9-13(12)14/h4-5,7,9,11,14-15H,6,8,10H2,1-3H3,(H,18,19)/t14-,15?/m0/s1. The average Bonchev–Trinajstić information content (AvgIpc) is 2.50. The molecular weight excluding hydrogens is 266 g/mol. The minimum absolute atomic E-state index is 0.000217. The van der Waals surface area contributed by atoms with Gasteiger partial charge in [0, 0.05) is 0 Å². The smallest absolute Gasteiger partial charge is 0.328 e. The van der Waals surface area contributed by atoms with Crippen LogP contribution in [0.1, 0.15) is 43.7 Å². The van der Waals surface area contributed by atoms with Crippen LogP contribution in [0.25, 0.3) is 0 Å². The largest absolute Gasteiger partial charge is 0.467 e. The summed E-state index contributed by atoms with van der Waals surface area (Å²) in [5.74, 6) is -0.630. The molecule has 0 fully saturated rings. The Morgan fingerprint density at radius 2 is 2.00 bits per heavy atom. The van der Waals surface area contributed by atoms with E-state index in [1.807, 2.05) is 32.0 Å². The van der Waals surface area contributed by atoms with Gasteiger partial charge in [-0.3, -0.25) is 4.79 Å². The summed E-state index contributed by atoms with van der Waals surface area (Å²) in [6.07, 6.45) is 2.85. The third-order valence-corrected chi connectivity index (χ3v) is 4.11. The number of esters is 1. The van der Waals surface area contributed by atoms with Crippen molar-refractivity contribution in [2.45, 2.75) is 45.1 Å². The lowest BCUT2D eigenvalue weighted by Crippen LogP contribution is -2.47. The number of fused-ring (bicyclic) bond motifs is 1. The number of nitrogens with one attached hydrogen (secondary N) is 1. The minimum atomic E-state index is -0.586. The van der Waals surface area contributed by atoms with Crippen LogP contribution in [0.5, 0.6) is 0 Å². The van der Waals surface area contributed by atoms with Crippen LogP contribution in [-0.4, -0.2) is 25.0 Å². The topological polar surface area (TPSA) is 55.4 Å². The summed E-state index contributed by atoms with van der Waals surface area (Å²) in [4.78, 5) is 24.4. The maximum Gasteiger partial charge on any atom is 0.328 e. The van der Waals surface area contributed by atoms with Crippen LogP contribution in [0.2, 0.25) is 0 Å². The highest BCUT2D eigenvalue weighted by Crippen LogP contribution is 2.31. The molecule has 0 aromatic heterocycles. The predicted octanol–water partition coefficient (Wildman–Crippen LogP) is 2.42. The average molecular weight is 289 g/mol. The number of hydrogen-bond donors (Lipinski definition) is 1. The Hall–Kier alpha value is -1.84. The van der Waals surface area contributed by atoms with E-state index >= 15 is 0 Å². The fourth-order valence-corrected chi connectivity index (χ4v) is 2.90. The molecule has 1 aliphatic rings. The zero-order chi connectivity index (χ0) is 15.4. The summed E-state index contributed by atoms with van der Waals surface area (Å²) in [5.41, 5.74) is 2.33. The number of amides is 1. The van der Waals surface area contributed by atoms with Gasteiger partial charge >= 0.3 is 5.97 Å². The van der Waals surface area contributed by atoms with Gasteiger partial charge in [0.15, 0.2) is 0 Å². The number of carbonyl (C=O) groups is 2. The molecule has 2 atom stereocenters. The molecule has 0 radical (unpaired) electrons. The van der Waals surface area contributed by atoms with E-state index in [-0.39, 0.29) is 23.7 Å². The Bertz CT molecular complexity index is 525. The first-order chi connectivity index (χ1) is 10.0. The van der Waals surface area contributed by atoms with Gasteiger partial charge in [-0.2, -0.15) is 0 Å². The highest BCUT2D eigenvalue weighted by molar-refractivity contribution is 5.89. The molecule has 0 bridgehead atoms. The van der Waals surface area contributed by atoms with Gasteiger partial charge in [0.25, 0.3) is 0 Å². The molecule has 1 unspecified atom stereocenters. The van der Waals surface area contributed by atoms with Crippen molar-refractivity contribution in [1.82, 2.24) is 5.32 Å².